The Morgan fingerprint density at radius 3 is 2.73 bits per heavy atom. The Hall–Kier alpha value is -2.32. The zero-order valence-electron chi connectivity index (χ0n) is 14.9. The van der Waals surface area contributed by atoms with Gasteiger partial charge in [-0.3, -0.25) is 9.89 Å². The number of thioether (sulfide) groups is 1. The van der Waals surface area contributed by atoms with Gasteiger partial charge in [-0.2, -0.15) is 0 Å². The quantitative estimate of drug-likeness (QED) is 0.626. The molecule has 26 heavy (non-hydrogen) atoms. The van der Waals surface area contributed by atoms with Gasteiger partial charge in [0.15, 0.2) is 5.82 Å². The van der Waals surface area contributed by atoms with Crippen molar-refractivity contribution in [2.24, 2.45) is 0 Å². The number of hydrogen-bond acceptors (Lipinski definition) is 6. The fraction of sp³-hybridized carbons (Fsp3) is 0.278. The Labute approximate surface area is 160 Å². The fourth-order valence-corrected chi connectivity index (χ4v) is 3.99. The molecular formula is C18H20N4O2S2. The lowest BCUT2D eigenvalue weighted by Crippen LogP contribution is -2.27. The lowest BCUT2D eigenvalue weighted by molar-refractivity contribution is -0.127. The zero-order chi connectivity index (χ0) is 18.5. The van der Waals surface area contributed by atoms with Crippen molar-refractivity contribution in [2.75, 3.05) is 19.9 Å². The first-order valence-corrected chi connectivity index (χ1v) is 9.90. The minimum atomic E-state index is 0.0543. The Bertz CT molecular complexity index is 873. The van der Waals surface area contributed by atoms with E-state index in [1.807, 2.05) is 36.7 Å². The van der Waals surface area contributed by atoms with Crippen LogP contribution in [0.4, 0.5) is 0 Å². The molecule has 0 aliphatic rings. The van der Waals surface area contributed by atoms with Gasteiger partial charge in [-0.15, -0.1) is 16.4 Å². The van der Waals surface area contributed by atoms with E-state index in [1.54, 1.807) is 23.3 Å². The van der Waals surface area contributed by atoms with Crippen molar-refractivity contribution in [1.82, 2.24) is 20.1 Å². The minimum Gasteiger partial charge on any atom is -0.497 e. The van der Waals surface area contributed by atoms with Crippen molar-refractivity contribution < 1.29 is 9.53 Å². The van der Waals surface area contributed by atoms with Gasteiger partial charge < -0.3 is 9.64 Å². The van der Waals surface area contributed by atoms with Gasteiger partial charge in [0.25, 0.3) is 0 Å². The number of nitrogens with one attached hydrogen (secondary N) is 1. The molecule has 0 aliphatic heterocycles. The van der Waals surface area contributed by atoms with Crippen LogP contribution in [-0.2, 0) is 11.3 Å². The molecule has 0 unspecified atom stereocenters. The van der Waals surface area contributed by atoms with Crippen LogP contribution in [-0.4, -0.2) is 45.9 Å². The summed E-state index contributed by atoms with van der Waals surface area (Å²) in [4.78, 5) is 19.7. The first-order chi connectivity index (χ1) is 12.6. The number of hydrogen-bond donors (Lipinski definition) is 1. The van der Waals surface area contributed by atoms with Gasteiger partial charge in [0.05, 0.1) is 19.4 Å². The van der Waals surface area contributed by atoms with E-state index in [0.717, 1.165) is 11.3 Å². The van der Waals surface area contributed by atoms with Crippen molar-refractivity contribution >= 4 is 29.0 Å². The Kier molecular flexibility index (Phi) is 5.95. The molecule has 0 spiro atoms. The highest BCUT2D eigenvalue weighted by Gasteiger charge is 2.14. The summed E-state index contributed by atoms with van der Waals surface area (Å²) < 4.78 is 5.15. The van der Waals surface area contributed by atoms with Crippen LogP contribution in [0.2, 0.25) is 0 Å². The van der Waals surface area contributed by atoms with Crippen molar-refractivity contribution in [3.05, 3.63) is 46.2 Å². The molecule has 2 aromatic heterocycles. The van der Waals surface area contributed by atoms with E-state index >= 15 is 0 Å². The van der Waals surface area contributed by atoms with Crippen LogP contribution < -0.4 is 4.74 Å². The van der Waals surface area contributed by atoms with Gasteiger partial charge in [0, 0.05) is 17.5 Å². The van der Waals surface area contributed by atoms with Crippen LogP contribution in [0.15, 0.2) is 40.9 Å². The van der Waals surface area contributed by atoms with Crippen molar-refractivity contribution in [3.63, 3.8) is 0 Å². The van der Waals surface area contributed by atoms with Crippen LogP contribution in [0.25, 0.3) is 11.4 Å². The van der Waals surface area contributed by atoms with Gasteiger partial charge >= 0.3 is 0 Å². The van der Waals surface area contributed by atoms with Crippen molar-refractivity contribution in [2.45, 2.75) is 18.6 Å². The smallest absolute Gasteiger partial charge is 0.233 e. The molecule has 0 saturated carbocycles. The Balaban J connectivity index is 1.55. The normalized spacial score (nSPS) is 10.7. The van der Waals surface area contributed by atoms with Crippen LogP contribution >= 0.6 is 23.1 Å². The van der Waals surface area contributed by atoms with Gasteiger partial charge in [-0.1, -0.05) is 11.8 Å². The fourth-order valence-electron chi connectivity index (χ4n) is 2.30. The maximum Gasteiger partial charge on any atom is 0.233 e. The first kappa shape index (κ1) is 18.5. The monoisotopic (exact) mass is 388 g/mol. The number of rotatable bonds is 7. The molecule has 2 heterocycles. The number of ether oxygens (including phenoxy) is 1. The predicted molar refractivity (Wildman–Crippen MR) is 105 cm³/mol. The third-order valence-electron chi connectivity index (χ3n) is 3.93. The van der Waals surface area contributed by atoms with Crippen LogP contribution in [0.3, 0.4) is 0 Å². The Morgan fingerprint density at radius 2 is 2.08 bits per heavy atom. The summed E-state index contributed by atoms with van der Waals surface area (Å²) in [5.41, 5.74) is 2.14. The third-order valence-corrected chi connectivity index (χ3v) is 5.77. The molecule has 0 saturated heterocycles. The van der Waals surface area contributed by atoms with Gasteiger partial charge in [-0.25, -0.2) is 4.98 Å². The van der Waals surface area contributed by atoms with Crippen LogP contribution in [0.5, 0.6) is 5.75 Å². The number of methoxy groups -OCH3 is 1. The van der Waals surface area contributed by atoms with E-state index < -0.39 is 0 Å². The number of aryl methyl sites for hydroxylation is 1. The third kappa shape index (κ3) is 4.44. The van der Waals surface area contributed by atoms with Gasteiger partial charge in [0.2, 0.25) is 11.1 Å². The number of carbonyl (C=O) groups is 1. The largest absolute Gasteiger partial charge is 0.497 e. The number of aromatic nitrogens is 3. The molecule has 1 N–H and O–H groups in total. The molecule has 3 aromatic rings. The summed E-state index contributed by atoms with van der Waals surface area (Å²) in [5.74, 6) is 1.82. The summed E-state index contributed by atoms with van der Waals surface area (Å²) in [6, 6.07) is 9.64. The first-order valence-electron chi connectivity index (χ1n) is 8.03. The van der Waals surface area contributed by atoms with Crippen LogP contribution in [0, 0.1) is 6.92 Å². The minimum absolute atomic E-state index is 0.0543. The van der Waals surface area contributed by atoms with Crippen LogP contribution in [0.1, 0.15) is 10.4 Å². The summed E-state index contributed by atoms with van der Waals surface area (Å²) in [6.07, 6.45) is 0. The maximum atomic E-state index is 12.3. The summed E-state index contributed by atoms with van der Waals surface area (Å²) >= 11 is 3.00. The number of aromatic amines is 1. The Morgan fingerprint density at radius 1 is 1.31 bits per heavy atom. The highest BCUT2D eigenvalue weighted by atomic mass is 32.2. The molecule has 6 nitrogen and oxygen atoms in total. The molecule has 8 heteroatoms. The van der Waals surface area contributed by atoms with E-state index in [-0.39, 0.29) is 5.91 Å². The second-order valence-corrected chi connectivity index (χ2v) is 7.70. The van der Waals surface area contributed by atoms with Crippen molar-refractivity contribution in [3.8, 4) is 17.1 Å². The second kappa shape index (κ2) is 8.37. The van der Waals surface area contributed by atoms with E-state index in [0.29, 0.717) is 23.3 Å². The summed E-state index contributed by atoms with van der Waals surface area (Å²) in [7, 11) is 3.45. The molecule has 0 bridgehead atoms. The molecule has 0 fully saturated rings. The molecule has 1 amide bonds. The van der Waals surface area contributed by atoms with E-state index in [1.165, 1.54) is 22.2 Å². The average Bonchev–Trinajstić information content (AvgIpc) is 3.29. The number of carbonyl (C=O) groups excluding carboxylic acids is 1. The van der Waals surface area contributed by atoms with E-state index in [4.69, 9.17) is 4.74 Å². The molecule has 0 aliphatic carbocycles. The lowest BCUT2D eigenvalue weighted by atomic mass is 10.2. The van der Waals surface area contributed by atoms with E-state index in [9.17, 15) is 4.79 Å². The highest BCUT2D eigenvalue weighted by Crippen LogP contribution is 2.22. The molecule has 0 radical (unpaired) electrons. The molecular weight excluding hydrogens is 368 g/mol. The number of thiophene rings is 1. The number of benzene rings is 1. The SMILES string of the molecule is COc1ccc(-c2nc(SCC(=O)N(C)Cc3sccc3C)n[nH]2)cc1. The standard InChI is InChI=1S/C18H20N4O2S2/c1-12-8-9-25-15(12)10-22(2)16(23)11-26-18-19-17(20-21-18)13-4-6-14(24-3)7-5-13/h4-9H,10-11H2,1-3H3,(H,19,20,21). The molecule has 1 aromatic carbocycles. The molecule has 3 rings (SSSR count). The maximum absolute atomic E-state index is 12.3. The molecule has 0 atom stereocenters. The highest BCUT2D eigenvalue weighted by molar-refractivity contribution is 7.99. The average molecular weight is 389 g/mol. The number of amides is 1. The predicted octanol–water partition coefficient (Wildman–Crippen LogP) is 3.60. The lowest BCUT2D eigenvalue weighted by Gasteiger charge is -2.16. The van der Waals surface area contributed by atoms with Crippen molar-refractivity contribution in [1.29, 1.82) is 0 Å². The summed E-state index contributed by atoms with van der Waals surface area (Å²) in [5, 5.41) is 9.70. The number of nitrogens with zero attached hydrogens (tertiary/aromatic N) is 3. The zero-order valence-corrected chi connectivity index (χ0v) is 16.5. The second-order valence-electron chi connectivity index (χ2n) is 5.76. The number of H-pyrrole nitrogens is 1. The molecule has 136 valence electrons. The van der Waals surface area contributed by atoms with Gasteiger partial charge in [-0.05, 0) is 48.2 Å². The topological polar surface area (TPSA) is 71.1 Å². The van der Waals surface area contributed by atoms with Gasteiger partial charge in [0.1, 0.15) is 5.75 Å². The summed E-state index contributed by atoms with van der Waals surface area (Å²) in [6.45, 7) is 2.70. The van der Waals surface area contributed by atoms with E-state index in [2.05, 4.69) is 28.2 Å².